The fraction of sp³-hybridized carbons (Fsp3) is 0.143. The molecule has 0 saturated heterocycles. The van der Waals surface area contributed by atoms with E-state index in [0.29, 0.717) is 31.9 Å². The molecule has 0 aliphatic carbocycles. The van der Waals surface area contributed by atoms with Gasteiger partial charge >= 0.3 is 0 Å². The first kappa shape index (κ1) is 14.1. The second-order valence-corrected chi connectivity index (χ2v) is 6.87. The van der Waals surface area contributed by atoms with E-state index in [9.17, 15) is 0 Å². The lowest BCUT2D eigenvalue weighted by Crippen LogP contribution is -1.91. The highest BCUT2D eigenvalue weighted by molar-refractivity contribution is 7.15. The van der Waals surface area contributed by atoms with Gasteiger partial charge in [0.2, 0.25) is 0 Å². The molecule has 2 heterocycles. The van der Waals surface area contributed by atoms with Gasteiger partial charge in [-0.15, -0.1) is 11.3 Å². The SMILES string of the molecule is Cc1cc(-c2nc(Cl)c3c(Cl)ccc(Cl)c3n2)sc1C. The van der Waals surface area contributed by atoms with Crippen molar-refractivity contribution in [2.75, 3.05) is 0 Å². The molecule has 3 rings (SSSR count). The van der Waals surface area contributed by atoms with Crippen LogP contribution in [0.2, 0.25) is 15.2 Å². The van der Waals surface area contributed by atoms with Crippen LogP contribution in [0.1, 0.15) is 10.4 Å². The Balaban J connectivity index is 2.32. The van der Waals surface area contributed by atoms with Crippen molar-refractivity contribution in [1.82, 2.24) is 9.97 Å². The van der Waals surface area contributed by atoms with E-state index in [-0.39, 0.29) is 0 Å². The molecule has 0 saturated carbocycles. The molecule has 0 amide bonds. The summed E-state index contributed by atoms with van der Waals surface area (Å²) in [6, 6.07) is 5.46. The molecule has 0 radical (unpaired) electrons. The Morgan fingerprint density at radius 3 is 2.35 bits per heavy atom. The topological polar surface area (TPSA) is 25.8 Å². The van der Waals surface area contributed by atoms with Crippen LogP contribution in [0, 0.1) is 13.8 Å². The van der Waals surface area contributed by atoms with Gasteiger partial charge in [-0.05, 0) is 37.6 Å². The molecule has 0 spiro atoms. The summed E-state index contributed by atoms with van der Waals surface area (Å²) in [5.41, 5.74) is 1.79. The number of thiophene rings is 1. The van der Waals surface area contributed by atoms with Gasteiger partial charge in [-0.2, -0.15) is 0 Å². The summed E-state index contributed by atoms with van der Waals surface area (Å²) in [5, 5.41) is 1.93. The van der Waals surface area contributed by atoms with Gasteiger partial charge in [0.15, 0.2) is 5.82 Å². The number of hydrogen-bond donors (Lipinski definition) is 0. The normalized spacial score (nSPS) is 11.2. The second-order valence-electron chi connectivity index (χ2n) is 4.44. The van der Waals surface area contributed by atoms with Gasteiger partial charge in [0.05, 0.1) is 25.8 Å². The van der Waals surface area contributed by atoms with Crippen LogP contribution >= 0.6 is 46.1 Å². The molecule has 0 fully saturated rings. The van der Waals surface area contributed by atoms with Crippen molar-refractivity contribution in [3.05, 3.63) is 43.8 Å². The van der Waals surface area contributed by atoms with Gasteiger partial charge in [-0.3, -0.25) is 0 Å². The quantitative estimate of drug-likeness (QED) is 0.511. The number of hydrogen-bond acceptors (Lipinski definition) is 3. The highest BCUT2D eigenvalue weighted by Crippen LogP contribution is 2.36. The average Bonchev–Trinajstić information content (AvgIpc) is 2.74. The minimum absolute atomic E-state index is 0.321. The Morgan fingerprint density at radius 2 is 1.70 bits per heavy atom. The third kappa shape index (κ3) is 2.29. The smallest absolute Gasteiger partial charge is 0.171 e. The molecule has 1 aromatic carbocycles. The fourth-order valence-corrected chi connectivity index (χ4v) is 3.65. The van der Waals surface area contributed by atoms with Gasteiger partial charge in [0.25, 0.3) is 0 Å². The summed E-state index contributed by atoms with van der Waals surface area (Å²) in [6.07, 6.45) is 0. The Morgan fingerprint density at radius 1 is 1.00 bits per heavy atom. The molecule has 3 aromatic rings. The van der Waals surface area contributed by atoms with Gasteiger partial charge in [0.1, 0.15) is 5.15 Å². The van der Waals surface area contributed by atoms with E-state index < -0.39 is 0 Å². The molecule has 0 aliphatic rings. The van der Waals surface area contributed by atoms with Gasteiger partial charge in [-0.25, -0.2) is 9.97 Å². The first-order valence-electron chi connectivity index (χ1n) is 5.86. The van der Waals surface area contributed by atoms with E-state index in [2.05, 4.69) is 29.9 Å². The van der Waals surface area contributed by atoms with Crippen molar-refractivity contribution in [3.63, 3.8) is 0 Å². The number of halogens is 3. The first-order chi connectivity index (χ1) is 9.47. The fourth-order valence-electron chi connectivity index (χ4n) is 1.92. The highest BCUT2D eigenvalue weighted by atomic mass is 35.5. The third-order valence-electron chi connectivity index (χ3n) is 3.09. The number of aromatic nitrogens is 2. The lowest BCUT2D eigenvalue weighted by Gasteiger charge is -2.06. The van der Waals surface area contributed by atoms with Crippen LogP contribution in [0.4, 0.5) is 0 Å². The van der Waals surface area contributed by atoms with Crippen molar-refractivity contribution >= 4 is 57.0 Å². The Bertz CT molecular complexity index is 807. The van der Waals surface area contributed by atoms with Crippen LogP contribution in [-0.2, 0) is 0 Å². The molecule has 6 heteroatoms. The summed E-state index contributed by atoms with van der Waals surface area (Å²) in [4.78, 5) is 11.1. The Hall–Kier alpha value is -0.870. The molecule has 0 unspecified atom stereocenters. The van der Waals surface area contributed by atoms with E-state index in [1.54, 1.807) is 23.5 Å². The first-order valence-corrected chi connectivity index (χ1v) is 7.81. The molecule has 0 N–H and O–H groups in total. The number of fused-ring (bicyclic) bond motifs is 1. The molecule has 20 heavy (non-hydrogen) atoms. The molecule has 102 valence electrons. The standard InChI is InChI=1S/C14H9Cl3N2S/c1-6-5-10(20-7(6)2)14-18-12-9(16)4-3-8(15)11(12)13(17)19-14/h3-5H,1-2H3. The maximum atomic E-state index is 6.25. The van der Waals surface area contributed by atoms with Gasteiger partial charge < -0.3 is 0 Å². The highest BCUT2D eigenvalue weighted by Gasteiger charge is 2.15. The number of nitrogens with zero attached hydrogens (tertiary/aromatic N) is 2. The minimum Gasteiger partial charge on any atom is -0.225 e. The number of aryl methyl sites for hydroxylation is 2. The van der Waals surface area contributed by atoms with Crippen LogP contribution in [0.5, 0.6) is 0 Å². The summed E-state index contributed by atoms with van der Waals surface area (Å²) < 4.78 is 0. The molecule has 0 atom stereocenters. The summed E-state index contributed by atoms with van der Waals surface area (Å²) >= 11 is 20.2. The van der Waals surface area contributed by atoms with Crippen molar-refractivity contribution in [2.45, 2.75) is 13.8 Å². The van der Waals surface area contributed by atoms with E-state index in [1.807, 2.05) is 0 Å². The van der Waals surface area contributed by atoms with Crippen molar-refractivity contribution < 1.29 is 0 Å². The maximum absolute atomic E-state index is 6.25. The second kappa shape index (κ2) is 5.15. The molecule has 2 aromatic heterocycles. The van der Waals surface area contributed by atoms with E-state index in [4.69, 9.17) is 34.8 Å². The zero-order chi connectivity index (χ0) is 14.4. The number of benzene rings is 1. The van der Waals surface area contributed by atoms with E-state index >= 15 is 0 Å². The minimum atomic E-state index is 0.321. The van der Waals surface area contributed by atoms with Crippen LogP contribution in [0.15, 0.2) is 18.2 Å². The van der Waals surface area contributed by atoms with E-state index in [1.165, 1.54) is 10.4 Å². The van der Waals surface area contributed by atoms with Gasteiger partial charge in [-0.1, -0.05) is 34.8 Å². The molecule has 2 nitrogen and oxygen atoms in total. The summed E-state index contributed by atoms with van der Waals surface area (Å²) in [7, 11) is 0. The number of rotatable bonds is 1. The Kier molecular flexibility index (Phi) is 3.63. The zero-order valence-corrected chi connectivity index (χ0v) is 13.8. The maximum Gasteiger partial charge on any atom is 0.171 e. The van der Waals surface area contributed by atoms with Crippen molar-refractivity contribution in [2.24, 2.45) is 0 Å². The van der Waals surface area contributed by atoms with Crippen molar-refractivity contribution in [3.8, 4) is 10.7 Å². The monoisotopic (exact) mass is 342 g/mol. The largest absolute Gasteiger partial charge is 0.225 e. The summed E-state index contributed by atoms with van der Waals surface area (Å²) in [5.74, 6) is 0.577. The van der Waals surface area contributed by atoms with Crippen LogP contribution < -0.4 is 0 Å². The Labute approximate surface area is 135 Å². The lowest BCUT2D eigenvalue weighted by molar-refractivity contribution is 1.24. The predicted molar refractivity (Wildman–Crippen MR) is 87.4 cm³/mol. The van der Waals surface area contributed by atoms with Crippen LogP contribution in [0.3, 0.4) is 0 Å². The predicted octanol–water partition coefficient (Wildman–Crippen LogP) is 5.94. The van der Waals surface area contributed by atoms with Crippen molar-refractivity contribution in [1.29, 1.82) is 0 Å². The molecule has 0 bridgehead atoms. The van der Waals surface area contributed by atoms with Crippen LogP contribution in [-0.4, -0.2) is 9.97 Å². The van der Waals surface area contributed by atoms with E-state index in [0.717, 1.165) is 4.88 Å². The third-order valence-corrected chi connectivity index (χ3v) is 5.13. The zero-order valence-electron chi connectivity index (χ0n) is 10.7. The summed E-state index contributed by atoms with van der Waals surface area (Å²) in [6.45, 7) is 4.12. The van der Waals surface area contributed by atoms with Gasteiger partial charge in [0, 0.05) is 4.88 Å². The molecule has 0 aliphatic heterocycles. The van der Waals surface area contributed by atoms with Crippen LogP contribution in [0.25, 0.3) is 21.6 Å². The molecular weight excluding hydrogens is 335 g/mol. The lowest BCUT2D eigenvalue weighted by atomic mass is 10.2. The average molecular weight is 344 g/mol. The molecular formula is C14H9Cl3N2S.